The van der Waals surface area contributed by atoms with Gasteiger partial charge in [0.25, 0.3) is 0 Å². The number of benzene rings is 7. The first-order valence-corrected chi connectivity index (χ1v) is 19.2. The molecule has 8 aromatic rings. The standard InChI is InChI=1S/C51H36N4/c1-51(2)42-18-8-7-16-39(42)47-43(51)22-23-44-48(47)40-17-9-19-45-49(40)55(44)50(52)53-24-10-13-32-28-41-34(26-31-12-4-6-15-37(31)41)29-46(32)54(45)35-20-21-38-33(27-35)25-30-11-3-5-14-36(30)38/h3-24,27-29,52H,25-26H2,1-2H3/b13-10-,52-50?,53-24-. The van der Waals surface area contributed by atoms with Gasteiger partial charge >= 0.3 is 0 Å². The molecule has 0 unspecified atom stereocenters. The summed E-state index contributed by atoms with van der Waals surface area (Å²) in [6.45, 7) is 4.67. The van der Waals surface area contributed by atoms with Crippen molar-refractivity contribution >= 4 is 57.1 Å². The van der Waals surface area contributed by atoms with Gasteiger partial charge in [-0.05, 0) is 128 Å². The molecule has 2 heterocycles. The van der Waals surface area contributed by atoms with E-state index in [0.29, 0.717) is 0 Å². The van der Waals surface area contributed by atoms with Crippen LogP contribution in [-0.4, -0.2) is 16.7 Å². The van der Waals surface area contributed by atoms with Crippen LogP contribution in [0.2, 0.25) is 0 Å². The molecule has 1 N–H and O–H groups in total. The molecule has 7 aromatic carbocycles. The van der Waals surface area contributed by atoms with E-state index < -0.39 is 0 Å². The Labute approximate surface area is 319 Å². The van der Waals surface area contributed by atoms with Crippen LogP contribution in [0.5, 0.6) is 0 Å². The van der Waals surface area contributed by atoms with Crippen molar-refractivity contribution in [3.63, 3.8) is 0 Å². The highest BCUT2D eigenvalue weighted by Crippen LogP contribution is 2.55. The highest BCUT2D eigenvalue weighted by Gasteiger charge is 2.38. The second kappa shape index (κ2) is 10.9. The second-order valence-electron chi connectivity index (χ2n) is 15.9. The summed E-state index contributed by atoms with van der Waals surface area (Å²) in [5.74, 6) is 0.189. The van der Waals surface area contributed by atoms with Gasteiger partial charge in [-0.2, -0.15) is 0 Å². The number of nitrogens with one attached hydrogen (secondary N) is 1. The van der Waals surface area contributed by atoms with Crippen LogP contribution >= 0.6 is 0 Å². The molecule has 0 bridgehead atoms. The number of fused-ring (bicyclic) bond motifs is 14. The van der Waals surface area contributed by atoms with Gasteiger partial charge in [0.05, 0.1) is 22.4 Å². The Balaban J connectivity index is 1.20. The monoisotopic (exact) mass is 704 g/mol. The molecule has 0 spiro atoms. The fraction of sp³-hybridized carbons (Fsp3) is 0.0980. The number of hydrogen-bond donors (Lipinski definition) is 1. The number of hydrogen-bond acceptors (Lipinski definition) is 2. The molecular weight excluding hydrogens is 669 g/mol. The van der Waals surface area contributed by atoms with Crippen LogP contribution in [0.15, 0.2) is 145 Å². The zero-order valence-electron chi connectivity index (χ0n) is 30.7. The first kappa shape index (κ1) is 30.7. The Bertz CT molecular complexity index is 3100. The minimum Gasteiger partial charge on any atom is -0.308 e. The topological polar surface area (TPSA) is 44.4 Å². The molecule has 1 aromatic heterocycles. The van der Waals surface area contributed by atoms with Gasteiger partial charge < -0.3 is 4.90 Å². The van der Waals surface area contributed by atoms with Gasteiger partial charge in [-0.25, -0.2) is 4.99 Å². The summed E-state index contributed by atoms with van der Waals surface area (Å²) in [6, 6.07) is 49.4. The summed E-state index contributed by atoms with van der Waals surface area (Å²) in [5.41, 5.74) is 22.0. The van der Waals surface area contributed by atoms with Gasteiger partial charge in [-0.3, -0.25) is 9.98 Å². The zero-order chi connectivity index (χ0) is 36.6. The largest absolute Gasteiger partial charge is 0.308 e. The van der Waals surface area contributed by atoms with Crippen LogP contribution in [0, 0.1) is 5.41 Å². The van der Waals surface area contributed by atoms with E-state index in [9.17, 15) is 5.41 Å². The van der Waals surface area contributed by atoms with Gasteiger partial charge in [0.2, 0.25) is 5.96 Å². The molecule has 4 nitrogen and oxygen atoms in total. The molecule has 12 rings (SSSR count). The van der Waals surface area contributed by atoms with Gasteiger partial charge in [-0.1, -0.05) is 117 Å². The first-order valence-electron chi connectivity index (χ1n) is 19.2. The molecule has 0 saturated heterocycles. The molecule has 4 aliphatic rings. The second-order valence-corrected chi connectivity index (χ2v) is 15.9. The van der Waals surface area contributed by atoms with Crippen molar-refractivity contribution in [2.75, 3.05) is 4.90 Å². The average Bonchev–Trinajstić information content (AvgIpc) is 3.92. The molecule has 1 aliphatic heterocycles. The number of anilines is 3. The zero-order valence-corrected chi connectivity index (χ0v) is 30.7. The van der Waals surface area contributed by atoms with Gasteiger partial charge in [0.15, 0.2) is 0 Å². The Morgan fingerprint density at radius 2 is 1.31 bits per heavy atom. The van der Waals surface area contributed by atoms with E-state index in [1.54, 1.807) is 6.21 Å². The van der Waals surface area contributed by atoms with E-state index in [4.69, 9.17) is 4.99 Å². The predicted octanol–water partition coefficient (Wildman–Crippen LogP) is 12.6. The van der Waals surface area contributed by atoms with E-state index in [2.05, 4.69) is 163 Å². The summed E-state index contributed by atoms with van der Waals surface area (Å²) >= 11 is 0. The van der Waals surface area contributed by atoms with E-state index in [0.717, 1.165) is 51.9 Å². The van der Waals surface area contributed by atoms with Crippen LogP contribution in [-0.2, 0) is 18.3 Å². The lowest BCUT2D eigenvalue weighted by Gasteiger charge is -2.29. The number of rotatable bonds is 1. The van der Waals surface area contributed by atoms with Gasteiger partial charge in [0, 0.05) is 28.1 Å². The summed E-state index contributed by atoms with van der Waals surface area (Å²) in [7, 11) is 0. The Morgan fingerprint density at radius 1 is 0.600 bits per heavy atom. The quantitative estimate of drug-likeness (QED) is 0.182. The number of nitrogens with zero attached hydrogens (tertiary/aromatic N) is 3. The van der Waals surface area contributed by atoms with Gasteiger partial charge in [-0.15, -0.1) is 0 Å². The normalized spacial score (nSPS) is 16.5. The molecule has 0 radical (unpaired) electrons. The minimum atomic E-state index is -0.144. The third-order valence-corrected chi connectivity index (χ3v) is 12.7. The fourth-order valence-corrected chi connectivity index (χ4v) is 10.2. The summed E-state index contributed by atoms with van der Waals surface area (Å²) in [4.78, 5) is 7.26. The van der Waals surface area contributed by atoms with E-state index in [1.165, 1.54) is 72.1 Å². The third-order valence-electron chi connectivity index (χ3n) is 12.7. The van der Waals surface area contributed by atoms with Crippen molar-refractivity contribution in [1.29, 1.82) is 5.41 Å². The molecule has 0 fully saturated rings. The Hall–Kier alpha value is -6.78. The van der Waals surface area contributed by atoms with E-state index >= 15 is 0 Å². The fourth-order valence-electron chi connectivity index (χ4n) is 10.2. The summed E-state index contributed by atoms with van der Waals surface area (Å²) in [5, 5.41) is 11.9. The maximum atomic E-state index is 9.61. The van der Waals surface area contributed by atoms with Crippen molar-refractivity contribution < 1.29 is 0 Å². The number of para-hydroxylation sites is 1. The molecule has 0 atom stereocenters. The molecule has 4 heteroatoms. The SMILES string of the molecule is CC1(C)c2ccccc2-c2c1ccc1c2c2cccc3c2n1C(=N)/N=C\C=C/c1cc2c(cc1N3c1ccc3c(c1)Cc1ccccc1-3)Cc1ccccc1-2. The molecule has 3 aliphatic carbocycles. The van der Waals surface area contributed by atoms with Crippen LogP contribution in [0.25, 0.3) is 61.3 Å². The molecule has 0 saturated carbocycles. The van der Waals surface area contributed by atoms with Crippen LogP contribution < -0.4 is 4.90 Å². The number of aromatic nitrogens is 1. The minimum absolute atomic E-state index is 0.144. The number of aliphatic imine (C=N–C) groups is 1. The van der Waals surface area contributed by atoms with Crippen molar-refractivity contribution in [2.45, 2.75) is 32.1 Å². The lowest BCUT2D eigenvalue weighted by Crippen LogP contribution is -2.15. The average molecular weight is 705 g/mol. The van der Waals surface area contributed by atoms with E-state index in [-0.39, 0.29) is 11.4 Å². The van der Waals surface area contributed by atoms with Crippen molar-refractivity contribution in [1.82, 2.24) is 4.57 Å². The Kier molecular flexibility index (Phi) is 6.07. The van der Waals surface area contributed by atoms with Crippen molar-refractivity contribution in [2.24, 2.45) is 4.99 Å². The van der Waals surface area contributed by atoms with Gasteiger partial charge in [0.1, 0.15) is 0 Å². The lowest BCUT2D eigenvalue weighted by atomic mass is 9.82. The molecule has 0 amide bonds. The van der Waals surface area contributed by atoms with E-state index in [1.807, 2.05) is 6.08 Å². The highest BCUT2D eigenvalue weighted by atomic mass is 15.2. The molecular formula is C51H36N4. The smallest absolute Gasteiger partial charge is 0.227 e. The van der Waals surface area contributed by atoms with Crippen LogP contribution in [0.1, 0.15) is 52.8 Å². The maximum Gasteiger partial charge on any atom is 0.227 e. The summed E-state index contributed by atoms with van der Waals surface area (Å²) in [6.07, 6.45) is 7.74. The Morgan fingerprint density at radius 3 is 2.13 bits per heavy atom. The third kappa shape index (κ3) is 4.11. The molecule has 55 heavy (non-hydrogen) atoms. The molecule has 260 valence electrons. The lowest BCUT2D eigenvalue weighted by molar-refractivity contribution is 0.661. The highest BCUT2D eigenvalue weighted by molar-refractivity contribution is 6.24. The van der Waals surface area contributed by atoms with Crippen LogP contribution in [0.4, 0.5) is 17.1 Å². The summed E-state index contributed by atoms with van der Waals surface area (Å²) < 4.78 is 2.09. The first-order chi connectivity index (χ1) is 27.0. The van der Waals surface area contributed by atoms with Crippen molar-refractivity contribution in [3.05, 3.63) is 178 Å². The predicted molar refractivity (Wildman–Crippen MR) is 229 cm³/mol. The van der Waals surface area contributed by atoms with Crippen molar-refractivity contribution in [3.8, 4) is 33.4 Å². The number of allylic oxidation sites excluding steroid dienone is 1. The maximum absolute atomic E-state index is 9.61. The van der Waals surface area contributed by atoms with Crippen LogP contribution in [0.3, 0.4) is 0 Å².